The Morgan fingerprint density at radius 1 is 1.21 bits per heavy atom. The van der Waals surface area contributed by atoms with E-state index in [4.69, 9.17) is 4.42 Å². The Hall–Kier alpha value is -2.34. The summed E-state index contributed by atoms with van der Waals surface area (Å²) >= 11 is 0. The van der Waals surface area contributed by atoms with Gasteiger partial charge in [0.2, 0.25) is 5.91 Å². The molecule has 0 aliphatic rings. The number of hydrogen-bond acceptors (Lipinski definition) is 5. The van der Waals surface area contributed by atoms with Crippen molar-refractivity contribution in [2.24, 2.45) is 0 Å². The Labute approximate surface area is 141 Å². The molecule has 1 aromatic carbocycles. The standard InChI is InChI=1S/C18H24N2O4/c1-4-12-7-14-13(8-18(23)24-16(14)9-15(12)21)10-20(6-3)11-17(22)19-5-2/h7-9,21H,4-6,10-11H2,1-3H3,(H,19,22). The maximum atomic E-state index is 11.8. The van der Waals surface area contributed by atoms with Crippen LogP contribution in [0.25, 0.3) is 11.0 Å². The minimum absolute atomic E-state index is 0.0430. The van der Waals surface area contributed by atoms with Crippen LogP contribution in [0, 0.1) is 0 Å². The maximum Gasteiger partial charge on any atom is 0.336 e. The van der Waals surface area contributed by atoms with Gasteiger partial charge in [0.25, 0.3) is 0 Å². The molecule has 1 heterocycles. The van der Waals surface area contributed by atoms with Gasteiger partial charge in [0.05, 0.1) is 6.54 Å². The first-order chi connectivity index (χ1) is 11.5. The summed E-state index contributed by atoms with van der Waals surface area (Å²) in [6.07, 6.45) is 0.677. The Balaban J connectivity index is 2.39. The lowest BCUT2D eigenvalue weighted by Gasteiger charge is -2.20. The van der Waals surface area contributed by atoms with Gasteiger partial charge in [0, 0.05) is 30.6 Å². The number of phenols is 1. The summed E-state index contributed by atoms with van der Waals surface area (Å²) in [5.74, 6) is 0.0819. The number of nitrogens with one attached hydrogen (secondary N) is 1. The third kappa shape index (κ3) is 4.14. The van der Waals surface area contributed by atoms with Gasteiger partial charge < -0.3 is 14.8 Å². The van der Waals surface area contributed by atoms with E-state index in [-0.39, 0.29) is 18.2 Å². The molecule has 0 spiro atoms. The molecule has 2 N–H and O–H groups in total. The number of aryl methyl sites for hydroxylation is 1. The first-order valence-electron chi connectivity index (χ1n) is 8.26. The van der Waals surface area contributed by atoms with Crippen LogP contribution >= 0.6 is 0 Å². The molecule has 6 heteroatoms. The summed E-state index contributed by atoms with van der Waals surface area (Å²) in [7, 11) is 0. The van der Waals surface area contributed by atoms with Crippen molar-refractivity contribution in [2.75, 3.05) is 19.6 Å². The number of rotatable bonds is 7. The van der Waals surface area contributed by atoms with Crippen LogP contribution in [0.2, 0.25) is 0 Å². The van der Waals surface area contributed by atoms with Crippen LogP contribution in [0.3, 0.4) is 0 Å². The molecule has 0 aliphatic carbocycles. The number of fused-ring (bicyclic) bond motifs is 1. The van der Waals surface area contributed by atoms with Crippen LogP contribution in [0.15, 0.2) is 27.4 Å². The van der Waals surface area contributed by atoms with E-state index in [1.807, 2.05) is 31.7 Å². The van der Waals surface area contributed by atoms with Gasteiger partial charge in [-0.25, -0.2) is 4.79 Å². The number of carbonyl (C=O) groups is 1. The smallest absolute Gasteiger partial charge is 0.336 e. The predicted octanol–water partition coefficient (Wildman–Crippen LogP) is 2.02. The molecular formula is C18H24N2O4. The molecule has 0 fully saturated rings. The van der Waals surface area contributed by atoms with Crippen molar-refractivity contribution in [3.8, 4) is 5.75 Å². The highest BCUT2D eigenvalue weighted by Gasteiger charge is 2.14. The number of benzene rings is 1. The number of hydrogen-bond donors (Lipinski definition) is 2. The van der Waals surface area contributed by atoms with E-state index in [9.17, 15) is 14.7 Å². The van der Waals surface area contributed by atoms with Gasteiger partial charge in [-0.2, -0.15) is 0 Å². The molecule has 0 saturated carbocycles. The Morgan fingerprint density at radius 3 is 2.58 bits per heavy atom. The van der Waals surface area contributed by atoms with Crippen molar-refractivity contribution < 1.29 is 14.3 Å². The van der Waals surface area contributed by atoms with Crippen molar-refractivity contribution in [1.29, 1.82) is 0 Å². The maximum absolute atomic E-state index is 11.8. The number of nitrogens with zero attached hydrogens (tertiary/aromatic N) is 1. The normalized spacial score (nSPS) is 11.2. The molecule has 0 unspecified atom stereocenters. The lowest BCUT2D eigenvalue weighted by Crippen LogP contribution is -2.36. The summed E-state index contributed by atoms with van der Waals surface area (Å²) in [5.41, 5.74) is 1.49. The highest BCUT2D eigenvalue weighted by molar-refractivity contribution is 5.83. The zero-order valence-electron chi connectivity index (χ0n) is 14.4. The summed E-state index contributed by atoms with van der Waals surface area (Å²) < 4.78 is 5.20. The third-order valence-corrected chi connectivity index (χ3v) is 3.99. The third-order valence-electron chi connectivity index (χ3n) is 3.99. The highest BCUT2D eigenvalue weighted by atomic mass is 16.4. The van der Waals surface area contributed by atoms with Crippen molar-refractivity contribution in [3.63, 3.8) is 0 Å². The fourth-order valence-corrected chi connectivity index (χ4v) is 2.70. The summed E-state index contributed by atoms with van der Waals surface area (Å²) in [5, 5.41) is 13.5. The average Bonchev–Trinajstić information content (AvgIpc) is 2.53. The van der Waals surface area contributed by atoms with E-state index in [1.165, 1.54) is 12.1 Å². The van der Waals surface area contributed by atoms with Crippen LogP contribution in [-0.4, -0.2) is 35.5 Å². The van der Waals surface area contributed by atoms with Crippen molar-refractivity contribution in [3.05, 3.63) is 39.7 Å². The first-order valence-corrected chi connectivity index (χ1v) is 8.26. The van der Waals surface area contributed by atoms with Gasteiger partial charge >= 0.3 is 5.63 Å². The van der Waals surface area contributed by atoms with E-state index in [0.29, 0.717) is 31.6 Å². The predicted molar refractivity (Wildman–Crippen MR) is 93.2 cm³/mol. The second-order valence-corrected chi connectivity index (χ2v) is 5.68. The monoisotopic (exact) mass is 332 g/mol. The van der Waals surface area contributed by atoms with Gasteiger partial charge in [-0.05, 0) is 37.1 Å². The van der Waals surface area contributed by atoms with E-state index in [0.717, 1.165) is 16.5 Å². The fourth-order valence-electron chi connectivity index (χ4n) is 2.70. The molecule has 130 valence electrons. The van der Waals surface area contributed by atoms with Crippen molar-refractivity contribution in [1.82, 2.24) is 10.2 Å². The molecule has 2 aromatic rings. The van der Waals surface area contributed by atoms with Crippen LogP contribution < -0.4 is 10.9 Å². The highest BCUT2D eigenvalue weighted by Crippen LogP contribution is 2.27. The van der Waals surface area contributed by atoms with Crippen LogP contribution in [-0.2, 0) is 17.8 Å². The quantitative estimate of drug-likeness (QED) is 0.758. The average molecular weight is 332 g/mol. The molecule has 0 saturated heterocycles. The molecule has 0 atom stereocenters. The molecule has 0 radical (unpaired) electrons. The SMILES string of the molecule is CCNC(=O)CN(CC)Cc1cc(=O)oc2cc(O)c(CC)cc12. The van der Waals surface area contributed by atoms with Crippen LogP contribution in [0.4, 0.5) is 0 Å². The van der Waals surface area contributed by atoms with E-state index >= 15 is 0 Å². The van der Waals surface area contributed by atoms with Crippen molar-refractivity contribution >= 4 is 16.9 Å². The number of carbonyl (C=O) groups excluding carboxylic acids is 1. The summed E-state index contributed by atoms with van der Waals surface area (Å²) in [6, 6.07) is 4.79. The number of amides is 1. The Morgan fingerprint density at radius 2 is 1.96 bits per heavy atom. The summed E-state index contributed by atoms with van der Waals surface area (Å²) in [4.78, 5) is 25.6. The Kier molecular flexibility index (Phi) is 5.98. The fraction of sp³-hybridized carbons (Fsp3) is 0.444. The second-order valence-electron chi connectivity index (χ2n) is 5.68. The van der Waals surface area contributed by atoms with E-state index in [1.54, 1.807) is 0 Å². The van der Waals surface area contributed by atoms with E-state index in [2.05, 4.69) is 5.32 Å². The van der Waals surface area contributed by atoms with Gasteiger partial charge in [0.1, 0.15) is 11.3 Å². The first kappa shape index (κ1) is 18.0. The molecular weight excluding hydrogens is 308 g/mol. The zero-order chi connectivity index (χ0) is 17.7. The second kappa shape index (κ2) is 7.97. The van der Waals surface area contributed by atoms with Crippen LogP contribution in [0.5, 0.6) is 5.75 Å². The minimum atomic E-state index is -0.463. The molecule has 1 amide bonds. The Bertz CT molecular complexity index is 782. The largest absolute Gasteiger partial charge is 0.508 e. The lowest BCUT2D eigenvalue weighted by molar-refractivity contribution is -0.122. The van der Waals surface area contributed by atoms with Gasteiger partial charge in [0.15, 0.2) is 0 Å². The summed E-state index contributed by atoms with van der Waals surface area (Å²) in [6.45, 7) is 7.80. The lowest BCUT2D eigenvalue weighted by atomic mass is 10.0. The molecule has 0 aliphatic heterocycles. The molecule has 24 heavy (non-hydrogen) atoms. The molecule has 6 nitrogen and oxygen atoms in total. The van der Waals surface area contributed by atoms with Crippen LogP contribution in [0.1, 0.15) is 31.9 Å². The van der Waals surface area contributed by atoms with Gasteiger partial charge in [-0.3, -0.25) is 9.69 Å². The van der Waals surface area contributed by atoms with Crippen molar-refractivity contribution in [2.45, 2.75) is 33.7 Å². The number of aromatic hydroxyl groups is 1. The zero-order valence-corrected chi connectivity index (χ0v) is 14.4. The molecule has 0 bridgehead atoms. The number of likely N-dealkylation sites (N-methyl/N-ethyl adjacent to an activating group) is 2. The van der Waals surface area contributed by atoms with Gasteiger partial charge in [-0.1, -0.05) is 13.8 Å². The topological polar surface area (TPSA) is 82.8 Å². The molecule has 1 aromatic heterocycles. The number of phenolic OH excluding ortho intramolecular Hbond substituents is 1. The minimum Gasteiger partial charge on any atom is -0.508 e. The van der Waals surface area contributed by atoms with E-state index < -0.39 is 5.63 Å². The van der Waals surface area contributed by atoms with Gasteiger partial charge in [-0.15, -0.1) is 0 Å². The molecule has 2 rings (SSSR count).